The quantitative estimate of drug-likeness (QED) is 0.784. The fourth-order valence-corrected chi connectivity index (χ4v) is 1.28. The lowest BCUT2D eigenvalue weighted by Crippen LogP contribution is -2.25. The van der Waals surface area contributed by atoms with Crippen LogP contribution in [0.2, 0.25) is 0 Å². The van der Waals surface area contributed by atoms with Gasteiger partial charge in [0.1, 0.15) is 5.82 Å². The van der Waals surface area contributed by atoms with Gasteiger partial charge in [-0.05, 0) is 20.3 Å². The summed E-state index contributed by atoms with van der Waals surface area (Å²) in [5, 5.41) is 2.75. The Labute approximate surface area is 89.7 Å². The molecule has 0 fully saturated rings. The molecule has 15 heavy (non-hydrogen) atoms. The van der Waals surface area contributed by atoms with Crippen LogP contribution in [0.4, 0.5) is 5.82 Å². The maximum atomic E-state index is 11.6. The summed E-state index contributed by atoms with van der Waals surface area (Å²) in [6, 6.07) is 0.213. The zero-order valence-corrected chi connectivity index (χ0v) is 9.45. The molecule has 1 rings (SSSR count). The first-order valence-corrected chi connectivity index (χ1v) is 5.18. The zero-order chi connectivity index (χ0) is 11.4. The van der Waals surface area contributed by atoms with E-state index in [0.29, 0.717) is 18.1 Å². The molecule has 0 aromatic carbocycles. The van der Waals surface area contributed by atoms with Gasteiger partial charge in [-0.3, -0.25) is 4.79 Å². The van der Waals surface area contributed by atoms with E-state index in [2.05, 4.69) is 10.3 Å². The van der Waals surface area contributed by atoms with E-state index in [1.165, 1.54) is 0 Å². The molecule has 0 saturated carbocycles. The molecule has 0 atom stereocenters. The Morgan fingerprint density at radius 2 is 2.33 bits per heavy atom. The van der Waals surface area contributed by atoms with Gasteiger partial charge in [0.05, 0.1) is 6.33 Å². The number of nitrogen functional groups attached to an aromatic ring is 1. The highest BCUT2D eigenvalue weighted by atomic mass is 16.1. The highest BCUT2D eigenvalue weighted by molar-refractivity contribution is 5.96. The highest BCUT2D eigenvalue weighted by Gasteiger charge is 2.15. The van der Waals surface area contributed by atoms with Crippen molar-refractivity contribution < 1.29 is 4.79 Å². The van der Waals surface area contributed by atoms with Crippen LogP contribution in [0.15, 0.2) is 6.33 Å². The monoisotopic (exact) mass is 210 g/mol. The van der Waals surface area contributed by atoms with Crippen molar-refractivity contribution in [1.82, 2.24) is 14.9 Å². The molecule has 5 nitrogen and oxygen atoms in total. The van der Waals surface area contributed by atoms with Crippen LogP contribution in [0.3, 0.4) is 0 Å². The van der Waals surface area contributed by atoms with Crippen LogP contribution in [0, 0.1) is 0 Å². The average Bonchev–Trinajstić information content (AvgIpc) is 2.56. The molecular formula is C10H18N4O. The fraction of sp³-hybridized carbons (Fsp3) is 0.600. The topological polar surface area (TPSA) is 72.9 Å². The lowest BCUT2D eigenvalue weighted by molar-refractivity contribution is 0.0950. The zero-order valence-electron chi connectivity index (χ0n) is 9.45. The van der Waals surface area contributed by atoms with E-state index in [1.54, 1.807) is 10.9 Å². The van der Waals surface area contributed by atoms with Gasteiger partial charge >= 0.3 is 0 Å². The third kappa shape index (κ3) is 2.49. The SMILES string of the molecule is CCCNC(=O)c1ncn(C(C)C)c1N. The van der Waals surface area contributed by atoms with Crippen molar-refractivity contribution in [3.8, 4) is 0 Å². The van der Waals surface area contributed by atoms with Crippen LogP contribution >= 0.6 is 0 Å². The van der Waals surface area contributed by atoms with Crippen LogP contribution in [0.5, 0.6) is 0 Å². The van der Waals surface area contributed by atoms with Gasteiger partial charge in [-0.2, -0.15) is 0 Å². The second-order valence-corrected chi connectivity index (χ2v) is 3.74. The molecule has 5 heteroatoms. The van der Waals surface area contributed by atoms with E-state index in [-0.39, 0.29) is 11.9 Å². The molecule has 84 valence electrons. The molecule has 0 radical (unpaired) electrons. The van der Waals surface area contributed by atoms with Crippen molar-refractivity contribution in [2.45, 2.75) is 33.2 Å². The van der Waals surface area contributed by atoms with E-state index in [1.807, 2.05) is 20.8 Å². The van der Waals surface area contributed by atoms with Gasteiger partial charge in [0, 0.05) is 12.6 Å². The summed E-state index contributed by atoms with van der Waals surface area (Å²) in [6.07, 6.45) is 2.50. The van der Waals surface area contributed by atoms with E-state index < -0.39 is 0 Å². The smallest absolute Gasteiger partial charge is 0.273 e. The van der Waals surface area contributed by atoms with E-state index in [4.69, 9.17) is 5.73 Å². The van der Waals surface area contributed by atoms with Crippen molar-refractivity contribution >= 4 is 11.7 Å². The third-order valence-corrected chi connectivity index (χ3v) is 2.14. The summed E-state index contributed by atoms with van der Waals surface area (Å²) in [5.74, 6) is 0.229. The van der Waals surface area contributed by atoms with E-state index in [9.17, 15) is 4.79 Å². The normalized spacial score (nSPS) is 10.7. The van der Waals surface area contributed by atoms with E-state index in [0.717, 1.165) is 6.42 Å². The van der Waals surface area contributed by atoms with Crippen molar-refractivity contribution in [1.29, 1.82) is 0 Å². The molecule has 1 aromatic heterocycles. The Hall–Kier alpha value is -1.52. The Balaban J connectivity index is 2.82. The molecule has 0 bridgehead atoms. The third-order valence-electron chi connectivity index (χ3n) is 2.14. The fourth-order valence-electron chi connectivity index (χ4n) is 1.28. The number of hydrogen-bond acceptors (Lipinski definition) is 3. The van der Waals surface area contributed by atoms with Crippen LogP contribution in [-0.4, -0.2) is 22.0 Å². The number of anilines is 1. The van der Waals surface area contributed by atoms with Gasteiger partial charge < -0.3 is 15.6 Å². The molecule has 0 aliphatic rings. The molecule has 0 aliphatic carbocycles. The molecule has 0 spiro atoms. The molecule has 3 N–H and O–H groups in total. The van der Waals surface area contributed by atoms with Crippen LogP contribution in [-0.2, 0) is 0 Å². The Bertz CT molecular complexity index is 343. The number of nitrogens with two attached hydrogens (primary N) is 1. The molecule has 0 unspecified atom stereocenters. The van der Waals surface area contributed by atoms with Gasteiger partial charge in [0.2, 0.25) is 0 Å². The lowest BCUT2D eigenvalue weighted by atomic mass is 10.3. The van der Waals surface area contributed by atoms with Gasteiger partial charge in [-0.25, -0.2) is 4.98 Å². The minimum Gasteiger partial charge on any atom is -0.383 e. The molecular weight excluding hydrogens is 192 g/mol. The summed E-state index contributed by atoms with van der Waals surface area (Å²) in [4.78, 5) is 15.6. The Kier molecular flexibility index (Phi) is 3.71. The molecule has 1 amide bonds. The number of carbonyl (C=O) groups is 1. The summed E-state index contributed by atoms with van der Waals surface area (Å²) in [6.45, 7) is 6.63. The molecule has 0 saturated heterocycles. The number of imidazole rings is 1. The number of amides is 1. The number of carbonyl (C=O) groups excluding carboxylic acids is 1. The number of nitrogens with zero attached hydrogens (tertiary/aromatic N) is 2. The first kappa shape index (κ1) is 11.6. The summed E-state index contributed by atoms with van der Waals surface area (Å²) in [7, 11) is 0. The van der Waals surface area contributed by atoms with Crippen molar-refractivity contribution in [3.05, 3.63) is 12.0 Å². The van der Waals surface area contributed by atoms with E-state index >= 15 is 0 Å². The number of hydrogen-bond donors (Lipinski definition) is 2. The molecule has 1 aromatic rings. The van der Waals surface area contributed by atoms with Crippen molar-refractivity contribution in [2.24, 2.45) is 0 Å². The second kappa shape index (κ2) is 4.82. The predicted molar refractivity (Wildman–Crippen MR) is 59.6 cm³/mol. The van der Waals surface area contributed by atoms with Gasteiger partial charge in [0.15, 0.2) is 5.69 Å². The Morgan fingerprint density at radius 3 is 2.80 bits per heavy atom. The predicted octanol–water partition coefficient (Wildman–Crippen LogP) is 1.19. The van der Waals surface area contributed by atoms with Gasteiger partial charge in [-0.1, -0.05) is 6.92 Å². The minimum atomic E-state index is -0.200. The second-order valence-electron chi connectivity index (χ2n) is 3.74. The first-order chi connectivity index (χ1) is 7.07. The maximum Gasteiger partial charge on any atom is 0.273 e. The molecule has 1 heterocycles. The van der Waals surface area contributed by atoms with Crippen LogP contribution in [0.1, 0.15) is 43.7 Å². The van der Waals surface area contributed by atoms with Crippen molar-refractivity contribution in [2.75, 3.05) is 12.3 Å². The van der Waals surface area contributed by atoms with Crippen molar-refractivity contribution in [3.63, 3.8) is 0 Å². The summed E-state index contributed by atoms with van der Waals surface area (Å²) >= 11 is 0. The average molecular weight is 210 g/mol. The van der Waals surface area contributed by atoms with Crippen LogP contribution in [0.25, 0.3) is 0 Å². The minimum absolute atomic E-state index is 0.200. The highest BCUT2D eigenvalue weighted by Crippen LogP contribution is 2.15. The van der Waals surface area contributed by atoms with Crippen LogP contribution < -0.4 is 11.1 Å². The standard InChI is InChI=1S/C10H18N4O/c1-4-5-12-10(15)8-9(11)14(6-13-8)7(2)3/h6-7H,4-5,11H2,1-3H3,(H,12,15). The Morgan fingerprint density at radius 1 is 1.67 bits per heavy atom. The number of rotatable bonds is 4. The largest absolute Gasteiger partial charge is 0.383 e. The maximum absolute atomic E-state index is 11.6. The number of aromatic nitrogens is 2. The first-order valence-electron chi connectivity index (χ1n) is 5.18. The summed E-state index contributed by atoms with van der Waals surface area (Å²) < 4.78 is 1.78. The summed E-state index contributed by atoms with van der Waals surface area (Å²) in [5.41, 5.74) is 6.13. The molecule has 0 aliphatic heterocycles. The number of nitrogens with one attached hydrogen (secondary N) is 1. The van der Waals surface area contributed by atoms with Gasteiger partial charge in [-0.15, -0.1) is 0 Å². The van der Waals surface area contributed by atoms with Gasteiger partial charge in [0.25, 0.3) is 5.91 Å². The lowest BCUT2D eigenvalue weighted by Gasteiger charge is -2.08.